The van der Waals surface area contributed by atoms with E-state index in [0.29, 0.717) is 0 Å². The second-order valence-corrected chi connectivity index (χ2v) is 4.97. The number of carbonyl (C=O) groups excluding carboxylic acids is 3. The molecule has 1 heterocycles. The highest BCUT2D eigenvalue weighted by Gasteiger charge is 2.42. The van der Waals surface area contributed by atoms with Crippen LogP contribution < -0.4 is 11.1 Å². The van der Waals surface area contributed by atoms with E-state index in [2.05, 4.69) is 5.32 Å². The smallest absolute Gasteiger partial charge is 0.323 e. The Balaban J connectivity index is 2.95. The van der Waals surface area contributed by atoms with Crippen LogP contribution in [0.25, 0.3) is 0 Å². The Morgan fingerprint density at radius 3 is 2.50 bits per heavy atom. The first-order valence-electron chi connectivity index (χ1n) is 6.01. The molecule has 0 saturated carbocycles. The van der Waals surface area contributed by atoms with E-state index in [1.807, 2.05) is 0 Å². The Morgan fingerprint density at radius 1 is 1.40 bits per heavy atom. The van der Waals surface area contributed by atoms with Crippen LogP contribution in [0.5, 0.6) is 0 Å². The molecule has 9 nitrogen and oxygen atoms in total. The number of hydrogen-bond donors (Lipinski definition) is 3. The minimum absolute atomic E-state index is 0.229. The fourth-order valence-corrected chi connectivity index (χ4v) is 1.95. The number of piperazine rings is 1. The van der Waals surface area contributed by atoms with Crippen LogP contribution in [-0.4, -0.2) is 70.4 Å². The van der Waals surface area contributed by atoms with Crippen LogP contribution >= 0.6 is 0 Å². The molecule has 0 spiro atoms. The van der Waals surface area contributed by atoms with Crippen molar-refractivity contribution in [1.82, 2.24) is 15.1 Å². The summed E-state index contributed by atoms with van der Waals surface area (Å²) in [6.45, 7) is 2.42. The van der Waals surface area contributed by atoms with Crippen molar-refractivity contribution in [3.05, 3.63) is 0 Å². The van der Waals surface area contributed by atoms with Gasteiger partial charge < -0.3 is 26.0 Å². The molecule has 0 aromatic carbocycles. The molecule has 9 heteroatoms. The Morgan fingerprint density at radius 2 is 2.00 bits per heavy atom. The lowest BCUT2D eigenvalue weighted by Crippen LogP contribution is -2.66. The molecule has 1 fully saturated rings. The normalized spacial score (nSPS) is 17.3. The zero-order valence-electron chi connectivity index (χ0n) is 11.4. The number of carboxylic acid groups (broad SMARTS) is 1. The van der Waals surface area contributed by atoms with Crippen LogP contribution in [0, 0.1) is 0 Å². The van der Waals surface area contributed by atoms with Crippen molar-refractivity contribution in [3.8, 4) is 0 Å². The number of carbonyl (C=O) groups is 4. The number of primary amides is 1. The van der Waals surface area contributed by atoms with Gasteiger partial charge in [0.15, 0.2) is 0 Å². The molecule has 112 valence electrons. The number of carboxylic acids is 1. The van der Waals surface area contributed by atoms with Crippen LogP contribution in [0.1, 0.15) is 13.8 Å². The van der Waals surface area contributed by atoms with Gasteiger partial charge >= 0.3 is 12.0 Å². The predicted octanol–water partition coefficient (Wildman–Crippen LogP) is -1.81. The average molecular weight is 286 g/mol. The topological polar surface area (TPSA) is 133 Å². The van der Waals surface area contributed by atoms with Gasteiger partial charge in [0.05, 0.1) is 0 Å². The highest BCUT2D eigenvalue weighted by atomic mass is 16.4. The van der Waals surface area contributed by atoms with Crippen LogP contribution in [0.4, 0.5) is 4.79 Å². The van der Waals surface area contributed by atoms with Gasteiger partial charge in [0.25, 0.3) is 0 Å². The number of nitrogens with two attached hydrogens (primary N) is 1. The summed E-state index contributed by atoms with van der Waals surface area (Å²) in [5, 5.41) is 11.4. The fraction of sp³-hybridized carbons (Fsp3) is 0.636. The number of urea groups is 1. The minimum Gasteiger partial charge on any atom is -0.480 e. The Labute approximate surface area is 115 Å². The van der Waals surface area contributed by atoms with Crippen molar-refractivity contribution >= 4 is 23.8 Å². The molecule has 4 N–H and O–H groups in total. The van der Waals surface area contributed by atoms with Gasteiger partial charge in [0.1, 0.15) is 18.6 Å². The van der Waals surface area contributed by atoms with Crippen molar-refractivity contribution in [3.63, 3.8) is 0 Å². The third kappa shape index (κ3) is 3.37. The van der Waals surface area contributed by atoms with E-state index in [1.165, 1.54) is 4.90 Å². The van der Waals surface area contributed by atoms with Gasteiger partial charge in [-0.2, -0.15) is 0 Å². The average Bonchev–Trinajstić information content (AvgIpc) is 2.29. The monoisotopic (exact) mass is 286 g/mol. The summed E-state index contributed by atoms with van der Waals surface area (Å²) < 4.78 is 0. The van der Waals surface area contributed by atoms with Gasteiger partial charge in [-0.1, -0.05) is 0 Å². The summed E-state index contributed by atoms with van der Waals surface area (Å²) >= 11 is 0. The van der Waals surface area contributed by atoms with E-state index in [4.69, 9.17) is 10.8 Å². The standard InChI is InChI=1S/C11H18N4O5/c1-11(2)9(19)13-3-4-15(11)10(20)14(5-7(12)16)6-8(17)18/h3-6H2,1-2H3,(H2,12,16)(H,13,19)(H,17,18). The third-order valence-corrected chi connectivity index (χ3v) is 3.03. The lowest BCUT2D eigenvalue weighted by molar-refractivity contribution is -0.138. The second kappa shape index (κ2) is 5.76. The molecule has 0 radical (unpaired) electrons. The van der Waals surface area contributed by atoms with Gasteiger partial charge in [-0.15, -0.1) is 0 Å². The number of amides is 4. The van der Waals surface area contributed by atoms with E-state index in [0.717, 1.165) is 4.90 Å². The zero-order chi connectivity index (χ0) is 15.5. The summed E-state index contributed by atoms with van der Waals surface area (Å²) in [7, 11) is 0. The van der Waals surface area contributed by atoms with E-state index >= 15 is 0 Å². The van der Waals surface area contributed by atoms with E-state index < -0.39 is 36.5 Å². The molecule has 0 aromatic heterocycles. The molecular weight excluding hydrogens is 268 g/mol. The zero-order valence-corrected chi connectivity index (χ0v) is 11.4. The molecule has 0 unspecified atom stereocenters. The largest absolute Gasteiger partial charge is 0.480 e. The molecule has 4 amide bonds. The van der Waals surface area contributed by atoms with Crippen molar-refractivity contribution in [2.24, 2.45) is 5.73 Å². The number of nitrogens with zero attached hydrogens (tertiary/aromatic N) is 2. The fourth-order valence-electron chi connectivity index (χ4n) is 1.95. The van der Waals surface area contributed by atoms with E-state index in [-0.39, 0.29) is 19.0 Å². The minimum atomic E-state index is -1.26. The molecule has 1 aliphatic heterocycles. The first kappa shape index (κ1) is 15.7. The maximum Gasteiger partial charge on any atom is 0.323 e. The quantitative estimate of drug-likeness (QED) is 0.560. The highest BCUT2D eigenvalue weighted by molar-refractivity contribution is 5.93. The highest BCUT2D eigenvalue weighted by Crippen LogP contribution is 2.19. The van der Waals surface area contributed by atoms with Crippen molar-refractivity contribution in [1.29, 1.82) is 0 Å². The van der Waals surface area contributed by atoms with Crippen molar-refractivity contribution < 1.29 is 24.3 Å². The Bertz CT molecular complexity index is 432. The second-order valence-electron chi connectivity index (χ2n) is 4.97. The lowest BCUT2D eigenvalue weighted by Gasteiger charge is -2.42. The van der Waals surface area contributed by atoms with E-state index in [1.54, 1.807) is 13.8 Å². The first-order chi connectivity index (χ1) is 9.16. The Hall–Kier alpha value is -2.32. The lowest BCUT2D eigenvalue weighted by atomic mass is 9.99. The number of aliphatic carboxylic acids is 1. The number of nitrogens with one attached hydrogen (secondary N) is 1. The van der Waals surface area contributed by atoms with Gasteiger partial charge in [-0.05, 0) is 13.8 Å². The van der Waals surface area contributed by atoms with Crippen LogP contribution in [0.3, 0.4) is 0 Å². The molecule has 0 bridgehead atoms. The maximum absolute atomic E-state index is 12.3. The maximum atomic E-state index is 12.3. The van der Waals surface area contributed by atoms with E-state index in [9.17, 15) is 19.2 Å². The SMILES string of the molecule is CC1(C)C(=O)NCCN1C(=O)N(CC(N)=O)CC(=O)O. The molecule has 1 rings (SSSR count). The summed E-state index contributed by atoms with van der Waals surface area (Å²) in [5.41, 5.74) is 3.89. The van der Waals surface area contributed by atoms with Crippen molar-refractivity contribution in [2.45, 2.75) is 19.4 Å². The summed E-state index contributed by atoms with van der Waals surface area (Å²) in [6, 6.07) is -0.703. The number of rotatable bonds is 4. The van der Waals surface area contributed by atoms with Crippen molar-refractivity contribution in [2.75, 3.05) is 26.2 Å². The van der Waals surface area contributed by atoms with Crippen LogP contribution in [0.15, 0.2) is 0 Å². The van der Waals surface area contributed by atoms with Crippen LogP contribution in [0.2, 0.25) is 0 Å². The number of hydrogen-bond acceptors (Lipinski definition) is 4. The molecule has 20 heavy (non-hydrogen) atoms. The summed E-state index contributed by atoms with van der Waals surface area (Å²) in [6.07, 6.45) is 0. The molecule has 1 saturated heterocycles. The predicted molar refractivity (Wildman–Crippen MR) is 67.6 cm³/mol. The molecule has 1 aliphatic rings. The van der Waals surface area contributed by atoms with Gasteiger partial charge in [0, 0.05) is 13.1 Å². The first-order valence-corrected chi connectivity index (χ1v) is 6.01. The van der Waals surface area contributed by atoms with Gasteiger partial charge in [-0.3, -0.25) is 14.4 Å². The molecular formula is C11H18N4O5. The molecule has 0 aromatic rings. The van der Waals surface area contributed by atoms with Gasteiger partial charge in [0.2, 0.25) is 11.8 Å². The van der Waals surface area contributed by atoms with Crippen LogP contribution in [-0.2, 0) is 14.4 Å². The summed E-state index contributed by atoms with van der Waals surface area (Å²) in [5.74, 6) is -2.43. The third-order valence-electron chi connectivity index (χ3n) is 3.03. The van der Waals surface area contributed by atoms with Gasteiger partial charge in [-0.25, -0.2) is 4.79 Å². The summed E-state index contributed by atoms with van der Waals surface area (Å²) in [4.78, 5) is 47.8. The molecule has 0 aliphatic carbocycles. The Kier molecular flexibility index (Phi) is 4.53. The molecule has 0 atom stereocenters.